The SMILES string of the molecule is COC(=O)c1ccc([C@H]2O[C@H]2C(=O)OC)cc1. The number of methoxy groups -OCH3 is 2. The van der Waals surface area contributed by atoms with Crippen LogP contribution in [-0.2, 0) is 19.0 Å². The van der Waals surface area contributed by atoms with Gasteiger partial charge in [-0.25, -0.2) is 9.59 Å². The maximum Gasteiger partial charge on any atom is 0.338 e. The molecule has 17 heavy (non-hydrogen) atoms. The molecule has 1 aliphatic heterocycles. The van der Waals surface area contributed by atoms with Crippen LogP contribution in [0, 0.1) is 0 Å². The number of carbonyl (C=O) groups excluding carboxylic acids is 2. The molecule has 0 aliphatic carbocycles. The maximum atomic E-state index is 11.2. The molecule has 0 unspecified atom stereocenters. The van der Waals surface area contributed by atoms with Gasteiger partial charge in [-0.3, -0.25) is 0 Å². The van der Waals surface area contributed by atoms with Gasteiger partial charge in [-0.05, 0) is 17.7 Å². The lowest BCUT2D eigenvalue weighted by atomic mass is 10.1. The Bertz CT molecular complexity index is 437. The molecule has 2 rings (SSSR count). The van der Waals surface area contributed by atoms with Crippen molar-refractivity contribution >= 4 is 11.9 Å². The van der Waals surface area contributed by atoms with Gasteiger partial charge >= 0.3 is 11.9 Å². The summed E-state index contributed by atoms with van der Waals surface area (Å²) in [5, 5.41) is 0. The van der Waals surface area contributed by atoms with Crippen LogP contribution in [0.3, 0.4) is 0 Å². The van der Waals surface area contributed by atoms with E-state index in [0.29, 0.717) is 5.56 Å². The van der Waals surface area contributed by atoms with Gasteiger partial charge in [-0.1, -0.05) is 12.1 Å². The topological polar surface area (TPSA) is 65.1 Å². The first-order valence-corrected chi connectivity index (χ1v) is 5.09. The lowest BCUT2D eigenvalue weighted by Gasteiger charge is -2.00. The van der Waals surface area contributed by atoms with Crippen LogP contribution >= 0.6 is 0 Å². The van der Waals surface area contributed by atoms with Crippen molar-refractivity contribution in [3.05, 3.63) is 35.4 Å². The third-order valence-electron chi connectivity index (χ3n) is 2.59. The van der Waals surface area contributed by atoms with Crippen LogP contribution in [0.1, 0.15) is 22.0 Å². The van der Waals surface area contributed by atoms with Gasteiger partial charge in [-0.15, -0.1) is 0 Å². The molecule has 5 nitrogen and oxygen atoms in total. The number of rotatable bonds is 3. The van der Waals surface area contributed by atoms with Crippen LogP contribution in [-0.4, -0.2) is 32.3 Å². The minimum Gasteiger partial charge on any atom is -0.467 e. The van der Waals surface area contributed by atoms with Crippen molar-refractivity contribution in [2.75, 3.05) is 14.2 Å². The molecule has 1 aliphatic rings. The molecule has 1 aromatic carbocycles. The number of esters is 2. The lowest BCUT2D eigenvalue weighted by Crippen LogP contribution is -2.09. The van der Waals surface area contributed by atoms with Crippen LogP contribution in [0.25, 0.3) is 0 Å². The Labute approximate surface area is 98.3 Å². The van der Waals surface area contributed by atoms with E-state index in [-0.39, 0.29) is 12.1 Å². The molecule has 2 atom stereocenters. The quantitative estimate of drug-likeness (QED) is 0.580. The van der Waals surface area contributed by atoms with E-state index in [9.17, 15) is 9.59 Å². The molecule has 0 bridgehead atoms. The standard InChI is InChI=1S/C12H12O5/c1-15-11(13)8-5-3-7(4-6-8)9-10(17-9)12(14)16-2/h3-6,9-10H,1-2H3/t9-,10-/m1/s1. The molecule has 5 heteroatoms. The van der Waals surface area contributed by atoms with Crippen LogP contribution in [0.15, 0.2) is 24.3 Å². The molecule has 0 N–H and O–H groups in total. The molecule has 1 aromatic rings. The van der Waals surface area contributed by atoms with E-state index < -0.39 is 12.1 Å². The Kier molecular flexibility index (Phi) is 3.10. The molecular weight excluding hydrogens is 224 g/mol. The van der Waals surface area contributed by atoms with E-state index in [4.69, 9.17) is 4.74 Å². The zero-order valence-corrected chi connectivity index (χ0v) is 9.51. The molecule has 1 fully saturated rings. The van der Waals surface area contributed by atoms with Gasteiger partial charge in [0.1, 0.15) is 6.10 Å². The van der Waals surface area contributed by atoms with Crippen molar-refractivity contribution in [2.45, 2.75) is 12.2 Å². The molecule has 0 saturated carbocycles. The first kappa shape index (κ1) is 11.6. The first-order valence-electron chi connectivity index (χ1n) is 5.09. The van der Waals surface area contributed by atoms with Crippen LogP contribution in [0.4, 0.5) is 0 Å². The fourth-order valence-corrected chi connectivity index (χ4v) is 1.59. The third kappa shape index (κ3) is 2.29. The van der Waals surface area contributed by atoms with Gasteiger partial charge in [0, 0.05) is 0 Å². The van der Waals surface area contributed by atoms with E-state index in [1.54, 1.807) is 24.3 Å². The summed E-state index contributed by atoms with van der Waals surface area (Å²) in [6, 6.07) is 6.74. The fraction of sp³-hybridized carbons (Fsp3) is 0.333. The molecule has 0 aromatic heterocycles. The van der Waals surface area contributed by atoms with Crippen LogP contribution in [0.5, 0.6) is 0 Å². The maximum absolute atomic E-state index is 11.2. The number of hydrogen-bond acceptors (Lipinski definition) is 5. The molecule has 0 spiro atoms. The van der Waals surface area contributed by atoms with Crippen molar-refractivity contribution in [1.29, 1.82) is 0 Å². The Balaban J connectivity index is 2.05. The molecule has 90 valence electrons. The number of ether oxygens (including phenoxy) is 3. The zero-order chi connectivity index (χ0) is 12.4. The van der Waals surface area contributed by atoms with Crippen molar-refractivity contribution < 1.29 is 23.8 Å². The Morgan fingerprint density at radius 1 is 1.12 bits per heavy atom. The highest BCUT2D eigenvalue weighted by atomic mass is 16.6. The molecule has 0 amide bonds. The third-order valence-corrected chi connectivity index (χ3v) is 2.59. The summed E-state index contributed by atoms with van der Waals surface area (Å²) >= 11 is 0. The number of epoxide rings is 1. The predicted octanol–water partition coefficient (Wildman–Crippen LogP) is 1.09. The van der Waals surface area contributed by atoms with E-state index >= 15 is 0 Å². The van der Waals surface area contributed by atoms with E-state index in [0.717, 1.165) is 5.56 Å². The Morgan fingerprint density at radius 2 is 1.76 bits per heavy atom. The van der Waals surface area contributed by atoms with Crippen LogP contribution in [0.2, 0.25) is 0 Å². The molecule has 0 radical (unpaired) electrons. The number of benzene rings is 1. The number of hydrogen-bond donors (Lipinski definition) is 0. The van der Waals surface area contributed by atoms with Crippen molar-refractivity contribution in [3.63, 3.8) is 0 Å². The van der Waals surface area contributed by atoms with Crippen molar-refractivity contribution in [3.8, 4) is 0 Å². The molecule has 1 heterocycles. The van der Waals surface area contributed by atoms with E-state index in [1.165, 1.54) is 14.2 Å². The monoisotopic (exact) mass is 236 g/mol. The van der Waals surface area contributed by atoms with Gasteiger partial charge in [0.15, 0.2) is 6.10 Å². The van der Waals surface area contributed by atoms with Gasteiger partial charge in [0.2, 0.25) is 0 Å². The lowest BCUT2D eigenvalue weighted by molar-refractivity contribution is -0.142. The normalized spacial score (nSPS) is 21.8. The minimum absolute atomic E-state index is 0.269. The second-order valence-electron chi connectivity index (χ2n) is 3.61. The second kappa shape index (κ2) is 4.55. The predicted molar refractivity (Wildman–Crippen MR) is 57.4 cm³/mol. The largest absolute Gasteiger partial charge is 0.467 e. The van der Waals surface area contributed by atoms with E-state index in [2.05, 4.69) is 9.47 Å². The van der Waals surface area contributed by atoms with Crippen molar-refractivity contribution in [2.24, 2.45) is 0 Å². The minimum atomic E-state index is -0.524. The summed E-state index contributed by atoms with van der Waals surface area (Å²) < 4.78 is 14.3. The summed E-state index contributed by atoms with van der Waals surface area (Å²) in [5.41, 5.74) is 1.31. The van der Waals surface area contributed by atoms with Gasteiger partial charge in [-0.2, -0.15) is 0 Å². The number of carbonyl (C=O) groups is 2. The summed E-state index contributed by atoms with van der Waals surface area (Å²) in [7, 11) is 2.65. The average Bonchev–Trinajstić information content (AvgIpc) is 3.17. The van der Waals surface area contributed by atoms with Gasteiger partial charge in [0.25, 0.3) is 0 Å². The Hall–Kier alpha value is -1.88. The summed E-state index contributed by atoms with van der Waals surface area (Å²) in [5.74, 6) is -0.773. The van der Waals surface area contributed by atoms with Gasteiger partial charge in [0.05, 0.1) is 19.8 Å². The average molecular weight is 236 g/mol. The highest BCUT2D eigenvalue weighted by Gasteiger charge is 2.47. The smallest absolute Gasteiger partial charge is 0.338 e. The summed E-state index contributed by atoms with van der Waals surface area (Å²) in [6.07, 6.45) is -0.793. The fourth-order valence-electron chi connectivity index (χ4n) is 1.59. The second-order valence-corrected chi connectivity index (χ2v) is 3.61. The summed E-state index contributed by atoms with van der Waals surface area (Å²) in [4.78, 5) is 22.4. The highest BCUT2D eigenvalue weighted by molar-refractivity contribution is 5.89. The van der Waals surface area contributed by atoms with Crippen LogP contribution < -0.4 is 0 Å². The molecular formula is C12H12O5. The summed E-state index contributed by atoms with van der Waals surface area (Å²) in [6.45, 7) is 0. The van der Waals surface area contributed by atoms with Gasteiger partial charge < -0.3 is 14.2 Å². The molecule has 1 saturated heterocycles. The van der Waals surface area contributed by atoms with E-state index in [1.807, 2.05) is 0 Å². The highest BCUT2D eigenvalue weighted by Crippen LogP contribution is 2.39. The first-order chi connectivity index (χ1) is 8.17. The van der Waals surface area contributed by atoms with Crippen molar-refractivity contribution in [1.82, 2.24) is 0 Å². The Morgan fingerprint density at radius 3 is 2.29 bits per heavy atom. The zero-order valence-electron chi connectivity index (χ0n) is 9.51.